The first-order chi connectivity index (χ1) is 7.41. The molecule has 16 heavy (non-hydrogen) atoms. The lowest BCUT2D eigenvalue weighted by Gasteiger charge is -2.23. The summed E-state index contributed by atoms with van der Waals surface area (Å²) in [5.41, 5.74) is 0.353. The van der Waals surface area contributed by atoms with E-state index >= 15 is 0 Å². The summed E-state index contributed by atoms with van der Waals surface area (Å²) in [7, 11) is 0. The average Bonchev–Trinajstić information content (AvgIpc) is 2.60. The average molecular weight is 229 g/mol. The van der Waals surface area contributed by atoms with Crippen LogP contribution >= 0.6 is 0 Å². The van der Waals surface area contributed by atoms with Crippen molar-refractivity contribution in [2.24, 2.45) is 16.5 Å². The molecule has 0 amide bonds. The van der Waals surface area contributed by atoms with Crippen molar-refractivity contribution in [3.63, 3.8) is 0 Å². The summed E-state index contributed by atoms with van der Waals surface area (Å²) in [6.45, 7) is 7.65. The van der Waals surface area contributed by atoms with Crippen LogP contribution in [0.1, 0.15) is 27.7 Å². The van der Waals surface area contributed by atoms with E-state index in [1.165, 1.54) is 0 Å². The number of hydrogen-bond acceptors (Lipinski definition) is 5. The number of rotatable bonds is 3. The lowest BCUT2D eigenvalue weighted by Crippen LogP contribution is -2.39. The number of aliphatic hydroxyl groups excluding tert-OH is 1. The third-order valence-electron chi connectivity index (χ3n) is 2.44. The van der Waals surface area contributed by atoms with Crippen molar-refractivity contribution in [3.05, 3.63) is 0 Å². The van der Waals surface area contributed by atoms with Crippen LogP contribution in [0, 0.1) is 11.3 Å². The van der Waals surface area contributed by atoms with Crippen molar-refractivity contribution in [1.82, 2.24) is 0 Å². The zero-order valence-corrected chi connectivity index (χ0v) is 10.2. The highest BCUT2D eigenvalue weighted by atomic mass is 16.7. The van der Waals surface area contributed by atoms with E-state index in [0.717, 1.165) is 0 Å². The monoisotopic (exact) mass is 229 g/mol. The van der Waals surface area contributed by atoms with E-state index in [2.05, 4.69) is 5.16 Å². The maximum Gasteiger partial charge on any atom is 0.318 e. The van der Waals surface area contributed by atoms with E-state index in [1.54, 1.807) is 6.92 Å². The number of oxime groups is 1. The Bertz CT molecular complexity index is 293. The molecule has 0 unspecified atom stereocenters. The summed E-state index contributed by atoms with van der Waals surface area (Å²) in [4.78, 5) is 16.8. The zero-order chi connectivity index (χ0) is 12.3. The molecule has 0 aromatic carbocycles. The molecule has 1 rings (SSSR count). The van der Waals surface area contributed by atoms with Gasteiger partial charge in [0.25, 0.3) is 0 Å². The molecule has 0 spiro atoms. The van der Waals surface area contributed by atoms with Gasteiger partial charge < -0.3 is 14.7 Å². The Morgan fingerprint density at radius 3 is 2.62 bits per heavy atom. The van der Waals surface area contributed by atoms with E-state index in [4.69, 9.17) is 14.7 Å². The van der Waals surface area contributed by atoms with E-state index in [9.17, 15) is 4.79 Å². The normalized spacial score (nSPS) is 24.9. The fourth-order valence-corrected chi connectivity index (χ4v) is 1.66. The fourth-order valence-electron chi connectivity index (χ4n) is 1.66. The van der Waals surface area contributed by atoms with Gasteiger partial charge in [0, 0.05) is 5.41 Å². The first kappa shape index (κ1) is 13.0. The molecule has 0 aromatic rings. The Kier molecular flexibility index (Phi) is 3.91. The number of ether oxygens (including phenoxy) is 1. The summed E-state index contributed by atoms with van der Waals surface area (Å²) in [6, 6.07) is 0. The van der Waals surface area contributed by atoms with Gasteiger partial charge in [-0.15, -0.1) is 0 Å². The van der Waals surface area contributed by atoms with Crippen LogP contribution in [0.25, 0.3) is 0 Å². The second kappa shape index (κ2) is 4.82. The SMILES string of the molecule is CCOC(=O)[C@@H]1C(C(C)(C)C)=NO[C@H]1CO. The second-order valence-electron chi connectivity index (χ2n) is 4.78. The van der Waals surface area contributed by atoms with E-state index < -0.39 is 12.0 Å². The largest absolute Gasteiger partial charge is 0.465 e. The minimum atomic E-state index is -0.617. The van der Waals surface area contributed by atoms with Crippen LogP contribution in [0.2, 0.25) is 0 Å². The molecule has 1 N–H and O–H groups in total. The fraction of sp³-hybridized carbons (Fsp3) is 0.818. The first-order valence-corrected chi connectivity index (χ1v) is 5.43. The molecule has 92 valence electrons. The maximum absolute atomic E-state index is 11.8. The standard InChI is InChI=1S/C11H19NO4/c1-5-15-10(14)8-7(6-13)16-12-9(8)11(2,3)4/h7-8,13H,5-6H2,1-4H3/t7-,8-/m0/s1. The molecule has 0 aliphatic carbocycles. The third kappa shape index (κ3) is 2.52. The highest BCUT2D eigenvalue weighted by Gasteiger charge is 2.45. The molecular weight excluding hydrogens is 210 g/mol. The predicted octanol–water partition coefficient (Wildman–Crippen LogP) is 0.959. The number of nitrogens with zero attached hydrogens (tertiary/aromatic N) is 1. The minimum absolute atomic E-state index is 0.243. The van der Waals surface area contributed by atoms with Gasteiger partial charge in [-0.05, 0) is 6.92 Å². The first-order valence-electron chi connectivity index (χ1n) is 5.43. The molecule has 0 saturated heterocycles. The number of carbonyl (C=O) groups excluding carboxylic acids is 1. The quantitative estimate of drug-likeness (QED) is 0.732. The van der Waals surface area contributed by atoms with E-state index in [0.29, 0.717) is 12.3 Å². The van der Waals surface area contributed by atoms with E-state index in [1.807, 2.05) is 20.8 Å². The smallest absolute Gasteiger partial charge is 0.318 e. The third-order valence-corrected chi connectivity index (χ3v) is 2.44. The molecule has 0 aromatic heterocycles. The zero-order valence-electron chi connectivity index (χ0n) is 10.2. The molecule has 5 heteroatoms. The molecule has 0 bridgehead atoms. The molecule has 1 heterocycles. The molecule has 0 fully saturated rings. The van der Waals surface area contributed by atoms with Crippen molar-refractivity contribution in [2.75, 3.05) is 13.2 Å². The topological polar surface area (TPSA) is 68.1 Å². The van der Waals surface area contributed by atoms with Crippen LogP contribution in [-0.2, 0) is 14.4 Å². The van der Waals surface area contributed by atoms with Gasteiger partial charge >= 0.3 is 5.97 Å². The van der Waals surface area contributed by atoms with Gasteiger partial charge in [-0.2, -0.15) is 0 Å². The number of carbonyl (C=O) groups is 1. The van der Waals surface area contributed by atoms with Gasteiger partial charge in [-0.1, -0.05) is 25.9 Å². The van der Waals surface area contributed by atoms with Gasteiger partial charge in [0.05, 0.1) is 18.9 Å². The van der Waals surface area contributed by atoms with Crippen molar-refractivity contribution < 1.29 is 19.5 Å². The van der Waals surface area contributed by atoms with Crippen LogP contribution in [0.15, 0.2) is 5.16 Å². The maximum atomic E-state index is 11.8. The lowest BCUT2D eigenvalue weighted by atomic mass is 9.80. The van der Waals surface area contributed by atoms with Gasteiger partial charge in [-0.25, -0.2) is 0 Å². The molecule has 5 nitrogen and oxygen atoms in total. The van der Waals surface area contributed by atoms with Gasteiger partial charge in [-0.3, -0.25) is 4.79 Å². The minimum Gasteiger partial charge on any atom is -0.465 e. The molecular formula is C11H19NO4. The van der Waals surface area contributed by atoms with Gasteiger partial charge in [0.1, 0.15) is 5.92 Å². The Morgan fingerprint density at radius 1 is 1.56 bits per heavy atom. The van der Waals surface area contributed by atoms with Crippen LogP contribution in [0.3, 0.4) is 0 Å². The summed E-state index contributed by atoms with van der Waals surface area (Å²) in [5, 5.41) is 13.0. The summed E-state index contributed by atoms with van der Waals surface area (Å²) in [6.07, 6.45) is -0.617. The Hall–Kier alpha value is -1.10. The Labute approximate surface area is 95.4 Å². The van der Waals surface area contributed by atoms with Crippen molar-refractivity contribution in [3.8, 4) is 0 Å². The van der Waals surface area contributed by atoms with Gasteiger partial charge in [0.15, 0.2) is 6.10 Å². The van der Waals surface area contributed by atoms with E-state index in [-0.39, 0.29) is 18.0 Å². The molecule has 2 atom stereocenters. The highest BCUT2D eigenvalue weighted by Crippen LogP contribution is 2.31. The van der Waals surface area contributed by atoms with Crippen LogP contribution in [0.5, 0.6) is 0 Å². The van der Waals surface area contributed by atoms with Crippen LogP contribution in [0.4, 0.5) is 0 Å². The summed E-state index contributed by atoms with van der Waals surface area (Å²) < 4.78 is 4.97. The number of aliphatic hydroxyl groups is 1. The van der Waals surface area contributed by atoms with Crippen LogP contribution in [-0.4, -0.2) is 36.1 Å². The van der Waals surface area contributed by atoms with Gasteiger partial charge in [0.2, 0.25) is 0 Å². The number of esters is 1. The highest BCUT2D eigenvalue weighted by molar-refractivity contribution is 6.06. The number of hydrogen-bond donors (Lipinski definition) is 1. The Balaban J connectivity index is 2.89. The second-order valence-corrected chi connectivity index (χ2v) is 4.78. The summed E-state index contributed by atoms with van der Waals surface area (Å²) >= 11 is 0. The van der Waals surface area contributed by atoms with Crippen molar-refractivity contribution in [2.45, 2.75) is 33.8 Å². The molecule has 0 saturated carbocycles. The predicted molar refractivity (Wildman–Crippen MR) is 59.0 cm³/mol. The lowest BCUT2D eigenvalue weighted by molar-refractivity contribution is -0.149. The summed E-state index contributed by atoms with van der Waals surface area (Å²) in [5.74, 6) is -0.974. The Morgan fingerprint density at radius 2 is 2.19 bits per heavy atom. The van der Waals surface area contributed by atoms with Crippen molar-refractivity contribution >= 4 is 11.7 Å². The van der Waals surface area contributed by atoms with Crippen molar-refractivity contribution in [1.29, 1.82) is 0 Å². The molecule has 0 radical (unpaired) electrons. The van der Waals surface area contributed by atoms with Crippen LogP contribution < -0.4 is 0 Å². The molecule has 1 aliphatic heterocycles. The molecule has 1 aliphatic rings.